The van der Waals surface area contributed by atoms with Gasteiger partial charge in [0.05, 0.1) is 11.3 Å². The van der Waals surface area contributed by atoms with Crippen molar-refractivity contribution in [2.24, 2.45) is 0 Å². The van der Waals surface area contributed by atoms with Crippen LogP contribution in [-0.2, 0) is 9.59 Å². The second-order valence-corrected chi connectivity index (χ2v) is 8.34. The number of amides is 3. The van der Waals surface area contributed by atoms with Gasteiger partial charge in [-0.2, -0.15) is 0 Å². The normalized spacial score (nSPS) is 20.9. The number of para-hydroxylation sites is 1. The Morgan fingerprint density at radius 1 is 1.32 bits per heavy atom. The summed E-state index contributed by atoms with van der Waals surface area (Å²) in [5, 5.41) is 3.32. The van der Waals surface area contributed by atoms with Gasteiger partial charge in [-0.3, -0.25) is 24.6 Å². The molecule has 1 saturated heterocycles. The molecule has 2 aliphatic rings. The van der Waals surface area contributed by atoms with Gasteiger partial charge in [-0.05, 0) is 25.5 Å². The minimum absolute atomic E-state index is 0.146. The first-order chi connectivity index (χ1) is 13.5. The number of hydrogen-bond acceptors (Lipinski definition) is 5. The van der Waals surface area contributed by atoms with E-state index < -0.39 is 5.66 Å². The fourth-order valence-electron chi connectivity index (χ4n) is 4.01. The highest BCUT2D eigenvalue weighted by Crippen LogP contribution is 2.45. The number of carbonyl (C=O) groups excluding carboxylic acids is 3. The molecule has 28 heavy (non-hydrogen) atoms. The number of thiazole rings is 1. The molecule has 0 bridgehead atoms. The first-order valence-corrected chi connectivity index (χ1v) is 10.3. The highest BCUT2D eigenvalue weighted by atomic mass is 32.1. The van der Waals surface area contributed by atoms with E-state index in [0.29, 0.717) is 22.9 Å². The van der Waals surface area contributed by atoms with Crippen molar-refractivity contribution >= 4 is 39.9 Å². The van der Waals surface area contributed by atoms with Crippen molar-refractivity contribution in [3.8, 4) is 0 Å². The van der Waals surface area contributed by atoms with Gasteiger partial charge in [0.1, 0.15) is 0 Å². The first-order valence-electron chi connectivity index (χ1n) is 9.47. The van der Waals surface area contributed by atoms with Gasteiger partial charge < -0.3 is 4.90 Å². The molecule has 0 unspecified atom stereocenters. The summed E-state index contributed by atoms with van der Waals surface area (Å²) in [4.78, 5) is 48.0. The zero-order valence-electron chi connectivity index (χ0n) is 15.9. The number of carbonyl (C=O) groups is 3. The lowest BCUT2D eigenvalue weighted by atomic mass is 9.95. The van der Waals surface area contributed by atoms with Crippen molar-refractivity contribution in [1.29, 1.82) is 0 Å². The van der Waals surface area contributed by atoms with Crippen LogP contribution in [0.1, 0.15) is 47.8 Å². The van der Waals surface area contributed by atoms with Gasteiger partial charge in [0, 0.05) is 30.5 Å². The smallest absolute Gasteiger partial charge is 0.273 e. The maximum Gasteiger partial charge on any atom is 0.273 e. The Morgan fingerprint density at radius 2 is 2.11 bits per heavy atom. The Hall–Kier alpha value is -2.74. The molecule has 0 radical (unpaired) electrons. The number of nitrogens with zero attached hydrogens (tertiary/aromatic N) is 3. The fraction of sp³-hybridized carbons (Fsp3) is 0.400. The number of unbranched alkanes of at least 4 members (excludes halogenated alkanes) is 1. The fourth-order valence-corrected chi connectivity index (χ4v) is 4.67. The van der Waals surface area contributed by atoms with E-state index in [1.807, 2.05) is 13.8 Å². The topological polar surface area (TPSA) is 82.6 Å². The lowest BCUT2D eigenvalue weighted by Crippen LogP contribution is -2.69. The SMILES string of the molecule is CCCCN1C(=O)c2ccccc2N2C(=O)CC[C@]12C(=O)Nc1ncc(C)s1. The van der Waals surface area contributed by atoms with Crippen molar-refractivity contribution < 1.29 is 14.4 Å². The molecule has 3 heterocycles. The number of nitrogens with one attached hydrogen (secondary N) is 1. The predicted octanol–water partition coefficient (Wildman–Crippen LogP) is 3.17. The predicted molar refractivity (Wildman–Crippen MR) is 107 cm³/mol. The van der Waals surface area contributed by atoms with Crippen LogP contribution in [0.5, 0.6) is 0 Å². The highest BCUT2D eigenvalue weighted by molar-refractivity contribution is 7.15. The van der Waals surface area contributed by atoms with Gasteiger partial charge in [0.25, 0.3) is 11.8 Å². The number of benzene rings is 1. The Kier molecular flexibility index (Phi) is 4.66. The Bertz CT molecular complexity index is 956. The molecular formula is C20H22N4O3S. The molecule has 3 amide bonds. The molecule has 2 aromatic rings. The summed E-state index contributed by atoms with van der Waals surface area (Å²) in [5.74, 6) is -0.737. The summed E-state index contributed by atoms with van der Waals surface area (Å²) >= 11 is 1.37. The van der Waals surface area contributed by atoms with Crippen molar-refractivity contribution in [3.05, 3.63) is 40.9 Å². The molecule has 7 nitrogen and oxygen atoms in total. The minimum atomic E-state index is -1.35. The van der Waals surface area contributed by atoms with Crippen LogP contribution in [0.4, 0.5) is 10.8 Å². The molecule has 8 heteroatoms. The standard InChI is InChI=1S/C20H22N4O3S/c1-3-4-11-23-17(26)14-7-5-6-8-15(14)24-16(25)9-10-20(23,24)18(27)22-19-21-12-13(2)28-19/h5-8,12H,3-4,9-11H2,1-2H3,(H,21,22,27)/t20-/m0/s1. The minimum Gasteiger partial charge on any atom is -0.307 e. The zero-order chi connectivity index (χ0) is 19.9. The molecule has 1 N–H and O–H groups in total. The van der Waals surface area contributed by atoms with E-state index in [1.54, 1.807) is 35.4 Å². The summed E-state index contributed by atoms with van der Waals surface area (Å²) in [6, 6.07) is 7.02. The van der Waals surface area contributed by atoms with Crippen LogP contribution >= 0.6 is 11.3 Å². The van der Waals surface area contributed by atoms with Gasteiger partial charge >= 0.3 is 0 Å². The van der Waals surface area contributed by atoms with Gasteiger partial charge in [-0.25, -0.2) is 4.98 Å². The third-order valence-corrected chi connectivity index (χ3v) is 6.14. The number of fused-ring (bicyclic) bond motifs is 3. The second-order valence-electron chi connectivity index (χ2n) is 7.10. The van der Waals surface area contributed by atoms with Crippen LogP contribution in [0.25, 0.3) is 0 Å². The van der Waals surface area contributed by atoms with E-state index in [2.05, 4.69) is 10.3 Å². The first kappa shape index (κ1) is 18.6. The van der Waals surface area contributed by atoms with E-state index in [9.17, 15) is 14.4 Å². The van der Waals surface area contributed by atoms with Crippen molar-refractivity contribution in [3.63, 3.8) is 0 Å². The molecule has 0 saturated carbocycles. The second kappa shape index (κ2) is 7.01. The van der Waals surface area contributed by atoms with Gasteiger partial charge in [0.2, 0.25) is 11.6 Å². The Balaban J connectivity index is 1.83. The van der Waals surface area contributed by atoms with Crippen LogP contribution in [0.3, 0.4) is 0 Å². The van der Waals surface area contributed by atoms with E-state index >= 15 is 0 Å². The van der Waals surface area contributed by atoms with Gasteiger partial charge in [-0.1, -0.05) is 25.5 Å². The summed E-state index contributed by atoms with van der Waals surface area (Å²) in [7, 11) is 0. The van der Waals surface area contributed by atoms with E-state index in [0.717, 1.165) is 17.7 Å². The lowest BCUT2D eigenvalue weighted by Gasteiger charge is -2.49. The third-order valence-electron chi connectivity index (χ3n) is 5.31. The summed E-state index contributed by atoms with van der Waals surface area (Å²) in [6.07, 6.45) is 3.80. The molecule has 1 fully saturated rings. The molecule has 0 aliphatic carbocycles. The molecule has 1 aromatic heterocycles. The van der Waals surface area contributed by atoms with Crippen molar-refractivity contribution in [2.45, 2.75) is 45.2 Å². The highest BCUT2D eigenvalue weighted by Gasteiger charge is 2.60. The summed E-state index contributed by atoms with van der Waals surface area (Å²) in [5.41, 5.74) is -0.382. The molecule has 4 rings (SSSR count). The average Bonchev–Trinajstić information content (AvgIpc) is 3.25. The zero-order valence-corrected chi connectivity index (χ0v) is 16.7. The van der Waals surface area contributed by atoms with Crippen LogP contribution in [0.15, 0.2) is 30.5 Å². The van der Waals surface area contributed by atoms with Crippen LogP contribution in [0, 0.1) is 6.92 Å². The molecule has 1 aromatic carbocycles. The molecule has 1 atom stereocenters. The molecule has 2 aliphatic heterocycles. The van der Waals surface area contributed by atoms with E-state index in [1.165, 1.54) is 16.2 Å². The largest absolute Gasteiger partial charge is 0.307 e. The lowest BCUT2D eigenvalue weighted by molar-refractivity contribution is -0.129. The van der Waals surface area contributed by atoms with Crippen molar-refractivity contribution in [1.82, 2.24) is 9.88 Å². The van der Waals surface area contributed by atoms with Crippen LogP contribution < -0.4 is 10.2 Å². The van der Waals surface area contributed by atoms with Gasteiger partial charge in [0.15, 0.2) is 5.13 Å². The summed E-state index contributed by atoms with van der Waals surface area (Å²) < 4.78 is 0. The number of aromatic nitrogens is 1. The summed E-state index contributed by atoms with van der Waals surface area (Å²) in [6.45, 7) is 4.35. The molecule has 146 valence electrons. The number of aryl methyl sites for hydroxylation is 1. The van der Waals surface area contributed by atoms with Crippen LogP contribution in [0.2, 0.25) is 0 Å². The monoisotopic (exact) mass is 398 g/mol. The van der Waals surface area contributed by atoms with Gasteiger partial charge in [-0.15, -0.1) is 11.3 Å². The maximum absolute atomic E-state index is 13.5. The van der Waals surface area contributed by atoms with Crippen molar-refractivity contribution in [2.75, 3.05) is 16.8 Å². The van der Waals surface area contributed by atoms with E-state index in [-0.39, 0.29) is 30.6 Å². The third kappa shape index (κ3) is 2.71. The average molecular weight is 398 g/mol. The maximum atomic E-state index is 13.5. The number of rotatable bonds is 5. The molecule has 0 spiro atoms. The Labute approximate surface area is 167 Å². The quantitative estimate of drug-likeness (QED) is 0.839. The van der Waals surface area contributed by atoms with E-state index in [4.69, 9.17) is 0 Å². The van der Waals surface area contributed by atoms with Crippen LogP contribution in [-0.4, -0.2) is 39.8 Å². The number of anilines is 2. The number of hydrogen-bond donors (Lipinski definition) is 1. The Morgan fingerprint density at radius 3 is 2.82 bits per heavy atom. The molecular weight excluding hydrogens is 376 g/mol.